The van der Waals surface area contributed by atoms with E-state index in [1.807, 2.05) is 41.5 Å². The van der Waals surface area contributed by atoms with Gasteiger partial charge in [-0.1, -0.05) is 65.1 Å². The molecule has 1 saturated heterocycles. The lowest BCUT2D eigenvalue weighted by Gasteiger charge is -2.21. The molecule has 40 heavy (non-hydrogen) atoms. The first kappa shape index (κ1) is 32.9. The van der Waals surface area contributed by atoms with Gasteiger partial charge in [0.25, 0.3) is 0 Å². The van der Waals surface area contributed by atoms with E-state index in [0.717, 1.165) is 23.5 Å². The highest BCUT2D eigenvalue weighted by Gasteiger charge is 2.39. The Morgan fingerprint density at radius 3 is 2.20 bits per heavy atom. The van der Waals surface area contributed by atoms with Gasteiger partial charge in [0.15, 0.2) is 27.9 Å². The Morgan fingerprint density at radius 1 is 1.07 bits per heavy atom. The number of anilines is 1. The summed E-state index contributed by atoms with van der Waals surface area (Å²) >= 11 is 2.22. The van der Waals surface area contributed by atoms with Crippen molar-refractivity contribution in [3.8, 4) is 0 Å². The number of nitrogens with zero attached hydrogens (tertiary/aromatic N) is 4. The van der Waals surface area contributed by atoms with Gasteiger partial charge in [-0.25, -0.2) is 19.3 Å². The van der Waals surface area contributed by atoms with E-state index in [1.54, 1.807) is 0 Å². The molecule has 2 aromatic heterocycles. The van der Waals surface area contributed by atoms with Gasteiger partial charge in [-0.2, -0.15) is 0 Å². The summed E-state index contributed by atoms with van der Waals surface area (Å²) in [6.45, 7) is 11.1. The number of nitrogens with two attached hydrogens (primary N) is 1. The number of nitrogen functional groups attached to an aromatic ring is 1. The van der Waals surface area contributed by atoms with Crippen molar-refractivity contribution in [1.29, 1.82) is 0 Å². The fourth-order valence-corrected chi connectivity index (χ4v) is 7.20. The van der Waals surface area contributed by atoms with Crippen LogP contribution in [0.25, 0.3) is 11.2 Å². The highest BCUT2D eigenvalue weighted by molar-refractivity contribution is 8.14. The van der Waals surface area contributed by atoms with Crippen molar-refractivity contribution in [2.24, 2.45) is 10.8 Å². The number of hydrogen-bond donors (Lipinski definition) is 1. The summed E-state index contributed by atoms with van der Waals surface area (Å²) in [5, 5.41) is 0.00441. The molecule has 0 bridgehead atoms. The summed E-state index contributed by atoms with van der Waals surface area (Å²) in [5.74, 6) is 0.815. The fourth-order valence-electron chi connectivity index (χ4n) is 3.71. The number of imidazole rings is 1. The van der Waals surface area contributed by atoms with Crippen LogP contribution in [0.15, 0.2) is 12.7 Å². The van der Waals surface area contributed by atoms with Crippen molar-refractivity contribution >= 4 is 58.3 Å². The molecule has 11 nitrogen and oxygen atoms in total. The van der Waals surface area contributed by atoms with Crippen molar-refractivity contribution in [2.45, 2.75) is 72.9 Å². The molecule has 0 radical (unpaired) electrons. The molecule has 2 aromatic rings. The summed E-state index contributed by atoms with van der Waals surface area (Å²) in [5.41, 5.74) is 5.56. The maximum absolute atomic E-state index is 15.0. The quantitative estimate of drug-likeness (QED) is 0.244. The van der Waals surface area contributed by atoms with Crippen LogP contribution in [0.4, 0.5) is 10.2 Å². The molecule has 3 heterocycles. The molecule has 0 aliphatic carbocycles. The van der Waals surface area contributed by atoms with Crippen LogP contribution in [0.2, 0.25) is 0 Å². The third-order valence-corrected chi connectivity index (χ3v) is 10.4. The molecule has 2 N–H and O–H groups in total. The van der Waals surface area contributed by atoms with Gasteiger partial charge in [0, 0.05) is 28.8 Å². The molecule has 1 aliphatic heterocycles. The zero-order chi connectivity index (χ0) is 29.7. The molecule has 0 spiro atoms. The number of carbonyl (C=O) groups excluding carboxylic acids is 2. The summed E-state index contributed by atoms with van der Waals surface area (Å²) in [4.78, 5) is 36.6. The van der Waals surface area contributed by atoms with Crippen LogP contribution >= 0.6 is 31.1 Å². The standard InChI is InChI=1S/C25H39FN5O6PS2/c1-24(2,3)22(32)39-11-8-35-38(34,36-9-12-40-23(33)25(4,5)6)10-7-16-13-17(26)21(37-16)31-15-30-18-19(27)28-14-29-20(18)31/h14-17,21H,7-13H2,1-6H3,(H2,27,28,29)/t16-,17-,21+/m1/s1. The largest absolute Gasteiger partial charge is 0.382 e. The Bertz CT molecular complexity index is 1200. The normalized spacial score (nSPS) is 20.3. The number of hydrogen-bond acceptors (Lipinski definition) is 12. The number of rotatable bonds is 12. The number of halogens is 1. The Balaban J connectivity index is 1.59. The zero-order valence-corrected chi connectivity index (χ0v) is 26.3. The summed E-state index contributed by atoms with van der Waals surface area (Å²) < 4.78 is 47.5. The van der Waals surface area contributed by atoms with E-state index in [4.69, 9.17) is 19.5 Å². The molecule has 1 aliphatic rings. The lowest BCUT2D eigenvalue weighted by atomic mass is 9.99. The molecule has 224 valence electrons. The van der Waals surface area contributed by atoms with Gasteiger partial charge < -0.3 is 19.5 Å². The SMILES string of the molecule is CC(C)(C)C(=O)SCCOP(=O)(CC[C@@H]1C[C@@H](F)[C@@H](n2cnc3c(N)ncnc32)O1)OCCSC(=O)C(C)(C)C. The number of alkyl halides is 1. The van der Waals surface area contributed by atoms with Crippen LogP contribution in [-0.4, -0.2) is 72.9 Å². The van der Waals surface area contributed by atoms with Crippen LogP contribution in [0.5, 0.6) is 0 Å². The molecular weight excluding hydrogens is 580 g/mol. The lowest BCUT2D eigenvalue weighted by Crippen LogP contribution is -2.18. The predicted molar refractivity (Wildman–Crippen MR) is 156 cm³/mol. The summed E-state index contributed by atoms with van der Waals surface area (Å²) in [6, 6.07) is 0. The number of thioether (sulfide) groups is 2. The van der Waals surface area contributed by atoms with Crippen LogP contribution in [0.1, 0.15) is 60.6 Å². The van der Waals surface area contributed by atoms with Crippen LogP contribution in [-0.2, 0) is 27.9 Å². The summed E-state index contributed by atoms with van der Waals surface area (Å²) in [6.07, 6.45) is 0.125. The third kappa shape index (κ3) is 8.96. The van der Waals surface area contributed by atoms with Crippen LogP contribution in [0, 0.1) is 10.8 Å². The first-order valence-corrected chi connectivity index (χ1v) is 16.8. The smallest absolute Gasteiger partial charge is 0.330 e. The third-order valence-electron chi connectivity index (χ3n) is 5.95. The second kappa shape index (κ2) is 13.6. The molecule has 15 heteroatoms. The van der Waals surface area contributed by atoms with Crippen molar-refractivity contribution in [1.82, 2.24) is 19.5 Å². The van der Waals surface area contributed by atoms with Crippen molar-refractivity contribution in [3.05, 3.63) is 12.7 Å². The van der Waals surface area contributed by atoms with Crippen molar-refractivity contribution < 1.29 is 32.3 Å². The maximum atomic E-state index is 15.0. The Kier molecular flexibility index (Phi) is 11.2. The average molecular weight is 620 g/mol. The predicted octanol–water partition coefficient (Wildman–Crippen LogP) is 5.26. The Hall–Kier alpha value is -1.57. The number of ether oxygens (including phenoxy) is 1. The lowest BCUT2D eigenvalue weighted by molar-refractivity contribution is -0.118. The minimum absolute atomic E-state index is 0.00220. The molecule has 0 unspecified atom stereocenters. The van der Waals surface area contributed by atoms with E-state index in [1.165, 1.54) is 17.2 Å². The minimum atomic E-state index is -3.63. The zero-order valence-electron chi connectivity index (χ0n) is 23.8. The van der Waals surface area contributed by atoms with Crippen LogP contribution < -0.4 is 5.73 Å². The monoisotopic (exact) mass is 619 g/mol. The molecule has 0 saturated carbocycles. The van der Waals surface area contributed by atoms with Crippen LogP contribution in [0.3, 0.4) is 0 Å². The average Bonchev–Trinajstić information content (AvgIpc) is 3.45. The van der Waals surface area contributed by atoms with E-state index in [9.17, 15) is 14.2 Å². The van der Waals surface area contributed by atoms with Gasteiger partial charge in [0.1, 0.15) is 18.0 Å². The van der Waals surface area contributed by atoms with Gasteiger partial charge in [-0.3, -0.25) is 18.7 Å². The second-order valence-electron chi connectivity index (χ2n) is 11.5. The molecular formula is C25H39FN5O6PS2. The highest BCUT2D eigenvalue weighted by atomic mass is 32.2. The van der Waals surface area contributed by atoms with Crippen molar-refractivity contribution in [2.75, 3.05) is 36.6 Å². The van der Waals surface area contributed by atoms with E-state index < -0.39 is 36.9 Å². The molecule has 1 fully saturated rings. The Morgan fingerprint density at radius 2 is 1.65 bits per heavy atom. The van der Waals surface area contributed by atoms with E-state index >= 15 is 4.39 Å². The topological polar surface area (TPSA) is 149 Å². The van der Waals surface area contributed by atoms with Crippen molar-refractivity contribution in [3.63, 3.8) is 0 Å². The number of fused-ring (bicyclic) bond motifs is 1. The molecule has 0 aromatic carbocycles. The number of carbonyl (C=O) groups is 2. The van der Waals surface area contributed by atoms with Gasteiger partial charge in [-0.05, 0) is 6.42 Å². The van der Waals surface area contributed by atoms with Gasteiger partial charge >= 0.3 is 7.60 Å². The van der Waals surface area contributed by atoms with Gasteiger partial charge in [-0.15, -0.1) is 0 Å². The second-order valence-corrected chi connectivity index (χ2v) is 15.9. The first-order chi connectivity index (χ1) is 18.6. The molecule has 0 amide bonds. The number of aromatic nitrogens is 4. The Labute approximate surface area is 242 Å². The molecule has 3 atom stereocenters. The molecule has 3 rings (SSSR count). The van der Waals surface area contributed by atoms with E-state index in [-0.39, 0.29) is 48.3 Å². The fraction of sp³-hybridized carbons (Fsp3) is 0.720. The minimum Gasteiger partial charge on any atom is -0.382 e. The summed E-state index contributed by atoms with van der Waals surface area (Å²) in [7, 11) is -3.63. The van der Waals surface area contributed by atoms with E-state index in [2.05, 4.69) is 15.0 Å². The van der Waals surface area contributed by atoms with Gasteiger partial charge in [0.05, 0.1) is 31.8 Å². The highest BCUT2D eigenvalue weighted by Crippen LogP contribution is 2.50. The maximum Gasteiger partial charge on any atom is 0.330 e. The first-order valence-electron chi connectivity index (χ1n) is 13.1. The van der Waals surface area contributed by atoms with Gasteiger partial charge in [0.2, 0.25) is 0 Å². The van der Waals surface area contributed by atoms with E-state index in [0.29, 0.717) is 22.7 Å².